The molecule has 21 heavy (non-hydrogen) atoms. The molecule has 1 aliphatic heterocycles. The van der Waals surface area contributed by atoms with Crippen LogP contribution in [0.1, 0.15) is 19.8 Å². The van der Waals surface area contributed by atoms with E-state index in [0.717, 1.165) is 31.5 Å². The topological polar surface area (TPSA) is 101 Å². The van der Waals surface area contributed by atoms with Gasteiger partial charge in [-0.25, -0.2) is 0 Å². The van der Waals surface area contributed by atoms with Crippen LogP contribution >= 0.6 is 0 Å². The van der Waals surface area contributed by atoms with Gasteiger partial charge in [-0.05, 0) is 19.0 Å². The first-order valence-corrected chi connectivity index (χ1v) is 7.17. The van der Waals surface area contributed by atoms with Crippen LogP contribution in [-0.2, 0) is 0 Å². The Morgan fingerprint density at radius 2 is 2.05 bits per heavy atom. The number of likely N-dealkylation sites (N-methyl/N-ethyl adjacent to an activating group) is 1. The van der Waals surface area contributed by atoms with Crippen LogP contribution in [0.2, 0.25) is 0 Å². The smallest absolute Gasteiger partial charge is 0.187 e. The fourth-order valence-corrected chi connectivity index (χ4v) is 3.56. The van der Waals surface area contributed by atoms with Gasteiger partial charge in [0, 0.05) is 24.9 Å². The van der Waals surface area contributed by atoms with Crippen LogP contribution in [-0.4, -0.2) is 25.0 Å². The Labute approximate surface area is 125 Å². The minimum absolute atomic E-state index is 0.0185. The van der Waals surface area contributed by atoms with E-state index in [9.17, 15) is 15.8 Å². The monoisotopic (exact) mass is 281 g/mol. The number of nitriles is 3. The van der Waals surface area contributed by atoms with Gasteiger partial charge >= 0.3 is 0 Å². The van der Waals surface area contributed by atoms with Crippen LogP contribution in [0.15, 0.2) is 22.9 Å². The lowest BCUT2D eigenvalue weighted by Gasteiger charge is -2.44. The van der Waals surface area contributed by atoms with E-state index in [0.29, 0.717) is 5.57 Å². The van der Waals surface area contributed by atoms with Crippen molar-refractivity contribution < 1.29 is 0 Å². The van der Waals surface area contributed by atoms with Crippen LogP contribution in [0.25, 0.3) is 0 Å². The number of fused-ring (bicyclic) bond motifs is 1. The maximum atomic E-state index is 9.65. The molecule has 2 rings (SSSR count). The number of nitrogens with two attached hydrogens (primary N) is 1. The molecule has 2 aliphatic rings. The highest BCUT2D eigenvalue weighted by atomic mass is 15.1. The van der Waals surface area contributed by atoms with Gasteiger partial charge in [0.2, 0.25) is 0 Å². The number of hydrogen-bond acceptors (Lipinski definition) is 5. The van der Waals surface area contributed by atoms with Gasteiger partial charge in [0.1, 0.15) is 6.07 Å². The van der Waals surface area contributed by atoms with E-state index in [-0.39, 0.29) is 17.5 Å². The Morgan fingerprint density at radius 1 is 1.38 bits per heavy atom. The third kappa shape index (κ3) is 2.09. The fourth-order valence-electron chi connectivity index (χ4n) is 3.56. The van der Waals surface area contributed by atoms with Crippen molar-refractivity contribution in [2.45, 2.75) is 19.8 Å². The van der Waals surface area contributed by atoms with Gasteiger partial charge in [-0.2, -0.15) is 15.8 Å². The predicted molar refractivity (Wildman–Crippen MR) is 78.0 cm³/mol. The molecule has 108 valence electrons. The third-order valence-corrected chi connectivity index (χ3v) is 4.62. The lowest BCUT2D eigenvalue weighted by molar-refractivity contribution is 0.176. The molecule has 5 nitrogen and oxygen atoms in total. The molecule has 0 saturated heterocycles. The SMILES string of the molecule is CCC[C@H]1[C@@H]2CN(C)CC=C2C(C#N)=C(N)C1(C#N)C#N. The van der Waals surface area contributed by atoms with Crippen LogP contribution in [0.3, 0.4) is 0 Å². The molecule has 0 aromatic rings. The van der Waals surface area contributed by atoms with E-state index in [2.05, 4.69) is 23.1 Å². The molecule has 0 amide bonds. The molecule has 0 unspecified atom stereocenters. The van der Waals surface area contributed by atoms with Crippen molar-refractivity contribution >= 4 is 0 Å². The van der Waals surface area contributed by atoms with Crippen LogP contribution in [0, 0.1) is 51.2 Å². The Morgan fingerprint density at radius 3 is 2.57 bits per heavy atom. The molecular formula is C16H19N5. The third-order valence-electron chi connectivity index (χ3n) is 4.62. The standard InChI is InChI=1S/C16H19N5/c1-3-4-14-13-8-21(2)6-5-11(13)12(7-17)15(20)16(14,9-18)10-19/h5,13-14H,3-4,6,8,20H2,1-2H3/t13-,14+/m1/s1. The maximum absolute atomic E-state index is 9.65. The summed E-state index contributed by atoms with van der Waals surface area (Å²) in [5.41, 5.74) is 6.12. The summed E-state index contributed by atoms with van der Waals surface area (Å²) in [5.74, 6) is -0.145. The van der Waals surface area contributed by atoms with Crippen LogP contribution in [0.4, 0.5) is 0 Å². The molecule has 0 spiro atoms. The lowest BCUT2D eigenvalue weighted by Crippen LogP contribution is -2.48. The summed E-state index contributed by atoms with van der Waals surface area (Å²) in [6, 6.07) is 6.37. The molecule has 0 saturated carbocycles. The van der Waals surface area contributed by atoms with Gasteiger partial charge < -0.3 is 10.6 Å². The van der Waals surface area contributed by atoms with Gasteiger partial charge in [0.05, 0.1) is 23.4 Å². The van der Waals surface area contributed by atoms with E-state index in [1.165, 1.54) is 0 Å². The zero-order valence-corrected chi connectivity index (χ0v) is 12.4. The van der Waals surface area contributed by atoms with Crippen molar-refractivity contribution in [2.24, 2.45) is 23.0 Å². The van der Waals surface area contributed by atoms with Crippen molar-refractivity contribution in [3.05, 3.63) is 22.9 Å². The highest BCUT2D eigenvalue weighted by Gasteiger charge is 2.52. The molecule has 5 heteroatoms. The second-order valence-electron chi connectivity index (χ2n) is 5.81. The molecule has 0 bridgehead atoms. The highest BCUT2D eigenvalue weighted by Crippen LogP contribution is 2.50. The lowest BCUT2D eigenvalue weighted by atomic mass is 9.59. The number of rotatable bonds is 2. The fraction of sp³-hybridized carbons (Fsp3) is 0.562. The van der Waals surface area contributed by atoms with E-state index in [1.54, 1.807) is 0 Å². The average Bonchev–Trinajstić information content (AvgIpc) is 2.49. The Hall–Kier alpha value is -2.29. The zero-order chi connectivity index (χ0) is 15.6. The first-order chi connectivity index (χ1) is 10.1. The number of allylic oxidation sites excluding steroid dienone is 2. The second-order valence-corrected chi connectivity index (χ2v) is 5.81. The average molecular weight is 281 g/mol. The Kier molecular flexibility index (Phi) is 4.03. The molecule has 1 heterocycles. The van der Waals surface area contributed by atoms with Gasteiger partial charge in [0.25, 0.3) is 0 Å². The van der Waals surface area contributed by atoms with E-state index < -0.39 is 5.41 Å². The molecule has 0 aromatic carbocycles. The largest absolute Gasteiger partial charge is 0.399 e. The minimum atomic E-state index is -1.39. The molecule has 1 aliphatic carbocycles. The first kappa shape index (κ1) is 15.1. The molecule has 0 fully saturated rings. The van der Waals surface area contributed by atoms with Crippen LogP contribution in [0.5, 0.6) is 0 Å². The summed E-state index contributed by atoms with van der Waals surface area (Å²) < 4.78 is 0. The minimum Gasteiger partial charge on any atom is -0.399 e. The van der Waals surface area contributed by atoms with E-state index >= 15 is 0 Å². The van der Waals surface area contributed by atoms with E-state index in [4.69, 9.17) is 5.73 Å². The van der Waals surface area contributed by atoms with Crippen molar-refractivity contribution in [2.75, 3.05) is 20.1 Å². The quantitative estimate of drug-likeness (QED) is 0.829. The molecule has 2 atom stereocenters. The molecule has 0 aromatic heterocycles. The van der Waals surface area contributed by atoms with Gasteiger partial charge in [0.15, 0.2) is 5.41 Å². The summed E-state index contributed by atoms with van der Waals surface area (Å²) in [6.45, 7) is 3.55. The van der Waals surface area contributed by atoms with Gasteiger partial charge in [-0.15, -0.1) is 0 Å². The maximum Gasteiger partial charge on any atom is 0.187 e. The molecule has 2 N–H and O–H groups in total. The zero-order valence-electron chi connectivity index (χ0n) is 12.4. The normalized spacial score (nSPS) is 27.9. The molecule has 0 radical (unpaired) electrons. The number of nitrogens with zero attached hydrogens (tertiary/aromatic N) is 4. The van der Waals surface area contributed by atoms with Crippen LogP contribution < -0.4 is 5.73 Å². The number of hydrogen-bond donors (Lipinski definition) is 1. The summed E-state index contributed by atoms with van der Waals surface area (Å²) >= 11 is 0. The van der Waals surface area contributed by atoms with E-state index in [1.807, 2.05) is 20.0 Å². The first-order valence-electron chi connectivity index (χ1n) is 7.17. The summed E-state index contributed by atoms with van der Waals surface area (Å²) in [7, 11) is 2.00. The Balaban J connectivity index is 2.71. The predicted octanol–water partition coefficient (Wildman–Crippen LogP) is 1.67. The Bertz CT molecular complexity index is 609. The summed E-state index contributed by atoms with van der Waals surface area (Å²) in [5, 5.41) is 28.7. The van der Waals surface area contributed by atoms with Gasteiger partial charge in [-0.3, -0.25) is 0 Å². The highest BCUT2D eigenvalue weighted by molar-refractivity contribution is 5.56. The van der Waals surface area contributed by atoms with Crippen molar-refractivity contribution in [1.82, 2.24) is 4.90 Å². The van der Waals surface area contributed by atoms with Crippen molar-refractivity contribution in [1.29, 1.82) is 15.8 Å². The van der Waals surface area contributed by atoms with Gasteiger partial charge in [-0.1, -0.05) is 19.4 Å². The second kappa shape index (κ2) is 5.60. The van der Waals surface area contributed by atoms with Crippen molar-refractivity contribution in [3.8, 4) is 18.2 Å². The molecular weight excluding hydrogens is 262 g/mol. The summed E-state index contributed by atoms with van der Waals surface area (Å²) in [4.78, 5) is 2.15. The summed E-state index contributed by atoms with van der Waals surface area (Å²) in [6.07, 6.45) is 3.63. The van der Waals surface area contributed by atoms with Crippen molar-refractivity contribution in [3.63, 3.8) is 0 Å².